The van der Waals surface area contributed by atoms with Crippen LogP contribution in [0.1, 0.15) is 13.8 Å². The summed E-state index contributed by atoms with van der Waals surface area (Å²) in [6.07, 6.45) is -3.00. The molecule has 0 unspecified atom stereocenters. The summed E-state index contributed by atoms with van der Waals surface area (Å²) in [6, 6.07) is 0. The molecule has 6 nitrogen and oxygen atoms in total. The summed E-state index contributed by atoms with van der Waals surface area (Å²) in [4.78, 5) is 22.0. The Bertz CT molecular complexity index is 336. The molecule has 0 spiro atoms. The van der Waals surface area contributed by atoms with Crippen LogP contribution in [0.2, 0.25) is 0 Å². The van der Waals surface area contributed by atoms with E-state index in [9.17, 15) is 14.7 Å². The lowest BCUT2D eigenvalue weighted by molar-refractivity contribution is -0.220. The standard InChI is InChI=1S/C10H14Cl2O6/c1-5(13)16-8-7(3-11)18-10(15,4-12)9(8)17-6(2)14/h7-9,15H,3-4H2,1-2H3/t7-,8-,9+,10-/m1/s1. The van der Waals surface area contributed by atoms with Gasteiger partial charge in [0.2, 0.25) is 5.79 Å². The summed E-state index contributed by atoms with van der Waals surface area (Å²) in [6.45, 7) is 2.35. The van der Waals surface area contributed by atoms with Crippen LogP contribution in [0, 0.1) is 0 Å². The number of hydrogen-bond donors (Lipinski definition) is 1. The Morgan fingerprint density at radius 1 is 1.28 bits per heavy atom. The fourth-order valence-corrected chi connectivity index (χ4v) is 2.20. The molecule has 1 aliphatic rings. The van der Waals surface area contributed by atoms with Crippen LogP contribution in [0.15, 0.2) is 0 Å². The number of aliphatic hydroxyl groups is 1. The maximum Gasteiger partial charge on any atom is 0.303 e. The zero-order valence-electron chi connectivity index (χ0n) is 9.89. The SMILES string of the molecule is CC(=O)O[C@@H]1[C@@H](CCl)O[C@](O)(CCl)[C@H]1OC(C)=O. The van der Waals surface area contributed by atoms with Crippen molar-refractivity contribution < 1.29 is 28.9 Å². The van der Waals surface area contributed by atoms with Crippen LogP contribution in [-0.2, 0) is 23.8 Å². The monoisotopic (exact) mass is 300 g/mol. The molecular formula is C10H14Cl2O6. The highest BCUT2D eigenvalue weighted by Crippen LogP contribution is 2.35. The van der Waals surface area contributed by atoms with E-state index in [0.29, 0.717) is 0 Å². The van der Waals surface area contributed by atoms with Crippen molar-refractivity contribution in [3.8, 4) is 0 Å². The maximum absolute atomic E-state index is 11.0. The average molecular weight is 301 g/mol. The molecule has 0 radical (unpaired) electrons. The van der Waals surface area contributed by atoms with Gasteiger partial charge in [-0.3, -0.25) is 9.59 Å². The van der Waals surface area contributed by atoms with Gasteiger partial charge in [0.25, 0.3) is 0 Å². The minimum atomic E-state index is -1.92. The van der Waals surface area contributed by atoms with Gasteiger partial charge in [0.05, 0.1) is 11.8 Å². The predicted molar refractivity (Wildman–Crippen MR) is 62.4 cm³/mol. The molecule has 0 aromatic carbocycles. The molecule has 18 heavy (non-hydrogen) atoms. The van der Waals surface area contributed by atoms with E-state index in [2.05, 4.69) is 0 Å². The molecule has 1 N–H and O–H groups in total. The van der Waals surface area contributed by atoms with Crippen molar-refractivity contribution in [3.05, 3.63) is 0 Å². The lowest BCUT2D eigenvalue weighted by Crippen LogP contribution is -2.48. The molecule has 0 aromatic rings. The number of carbonyl (C=O) groups excluding carboxylic acids is 2. The Morgan fingerprint density at radius 2 is 1.83 bits per heavy atom. The lowest BCUT2D eigenvalue weighted by Gasteiger charge is -2.27. The van der Waals surface area contributed by atoms with Crippen molar-refractivity contribution >= 4 is 35.1 Å². The molecule has 1 rings (SSSR count). The molecule has 0 amide bonds. The second kappa shape index (κ2) is 6.06. The zero-order valence-corrected chi connectivity index (χ0v) is 11.4. The first kappa shape index (κ1) is 15.5. The van der Waals surface area contributed by atoms with Crippen LogP contribution in [0.25, 0.3) is 0 Å². The Hall–Kier alpha value is -0.560. The van der Waals surface area contributed by atoms with Crippen LogP contribution < -0.4 is 0 Å². The van der Waals surface area contributed by atoms with Gasteiger partial charge in [0.1, 0.15) is 6.10 Å². The Morgan fingerprint density at radius 3 is 2.22 bits per heavy atom. The quantitative estimate of drug-likeness (QED) is 0.598. The van der Waals surface area contributed by atoms with E-state index < -0.39 is 36.0 Å². The second-order valence-corrected chi connectivity index (χ2v) is 4.47. The molecule has 8 heteroatoms. The molecule has 1 heterocycles. The van der Waals surface area contributed by atoms with E-state index in [0.717, 1.165) is 6.92 Å². The van der Waals surface area contributed by atoms with Gasteiger partial charge in [-0.05, 0) is 0 Å². The van der Waals surface area contributed by atoms with E-state index in [4.69, 9.17) is 37.4 Å². The van der Waals surface area contributed by atoms with Gasteiger partial charge in [0.15, 0.2) is 12.2 Å². The van der Waals surface area contributed by atoms with Crippen molar-refractivity contribution in [2.24, 2.45) is 0 Å². The Labute approximate surface area is 114 Å². The summed E-state index contributed by atoms with van der Waals surface area (Å²) in [5.74, 6) is -3.58. The molecular weight excluding hydrogens is 287 g/mol. The van der Waals surface area contributed by atoms with Crippen molar-refractivity contribution in [1.82, 2.24) is 0 Å². The summed E-state index contributed by atoms with van der Waals surface area (Å²) in [5.41, 5.74) is 0. The van der Waals surface area contributed by atoms with Gasteiger partial charge >= 0.3 is 11.9 Å². The molecule has 1 aliphatic heterocycles. The third kappa shape index (κ3) is 3.26. The Balaban J connectivity index is 2.98. The summed E-state index contributed by atoms with van der Waals surface area (Å²) < 4.78 is 15.1. The molecule has 0 aliphatic carbocycles. The highest BCUT2D eigenvalue weighted by molar-refractivity contribution is 6.19. The van der Waals surface area contributed by atoms with Crippen LogP contribution in [-0.4, -0.2) is 52.9 Å². The normalized spacial score (nSPS) is 35.3. The largest absolute Gasteiger partial charge is 0.456 e. The molecule has 0 bridgehead atoms. The van der Waals surface area contributed by atoms with Gasteiger partial charge in [-0.2, -0.15) is 0 Å². The van der Waals surface area contributed by atoms with Gasteiger partial charge in [-0.25, -0.2) is 0 Å². The molecule has 0 aromatic heterocycles. The summed E-state index contributed by atoms with van der Waals surface area (Å²) in [5, 5.41) is 10.1. The third-order valence-electron chi connectivity index (χ3n) is 2.40. The average Bonchev–Trinajstić information content (AvgIpc) is 2.53. The first-order valence-electron chi connectivity index (χ1n) is 5.20. The van der Waals surface area contributed by atoms with Crippen LogP contribution in [0.5, 0.6) is 0 Å². The molecule has 104 valence electrons. The third-order valence-corrected chi connectivity index (χ3v) is 3.09. The number of rotatable bonds is 4. The van der Waals surface area contributed by atoms with Crippen molar-refractivity contribution in [2.75, 3.05) is 11.8 Å². The minimum Gasteiger partial charge on any atom is -0.456 e. The smallest absolute Gasteiger partial charge is 0.303 e. The maximum atomic E-state index is 11.0. The van der Waals surface area contributed by atoms with Crippen molar-refractivity contribution in [1.29, 1.82) is 0 Å². The lowest BCUT2D eigenvalue weighted by atomic mass is 10.1. The van der Waals surface area contributed by atoms with E-state index in [1.54, 1.807) is 0 Å². The van der Waals surface area contributed by atoms with Crippen LogP contribution >= 0.6 is 23.2 Å². The van der Waals surface area contributed by atoms with Gasteiger partial charge in [-0.15, -0.1) is 23.2 Å². The summed E-state index contributed by atoms with van der Waals surface area (Å²) in [7, 11) is 0. The zero-order chi connectivity index (χ0) is 13.9. The number of esters is 2. The van der Waals surface area contributed by atoms with E-state index in [1.165, 1.54) is 6.92 Å². The van der Waals surface area contributed by atoms with Crippen molar-refractivity contribution in [2.45, 2.75) is 37.9 Å². The first-order valence-corrected chi connectivity index (χ1v) is 6.27. The molecule has 1 saturated heterocycles. The highest BCUT2D eigenvalue weighted by atomic mass is 35.5. The number of halogens is 2. The number of hydrogen-bond acceptors (Lipinski definition) is 6. The van der Waals surface area contributed by atoms with E-state index in [1.807, 2.05) is 0 Å². The van der Waals surface area contributed by atoms with E-state index >= 15 is 0 Å². The second-order valence-electron chi connectivity index (χ2n) is 3.89. The topological polar surface area (TPSA) is 82.1 Å². The van der Waals surface area contributed by atoms with Gasteiger partial charge in [-0.1, -0.05) is 0 Å². The van der Waals surface area contributed by atoms with Gasteiger partial charge in [0, 0.05) is 13.8 Å². The Kier molecular flexibility index (Phi) is 5.21. The van der Waals surface area contributed by atoms with Crippen molar-refractivity contribution in [3.63, 3.8) is 0 Å². The van der Waals surface area contributed by atoms with Gasteiger partial charge < -0.3 is 19.3 Å². The number of carbonyl (C=O) groups is 2. The first-order chi connectivity index (χ1) is 8.34. The van der Waals surface area contributed by atoms with Crippen LogP contribution in [0.4, 0.5) is 0 Å². The number of alkyl halides is 2. The highest BCUT2D eigenvalue weighted by Gasteiger charge is 2.57. The molecule has 4 atom stereocenters. The molecule has 0 saturated carbocycles. The van der Waals surface area contributed by atoms with E-state index in [-0.39, 0.29) is 11.8 Å². The summed E-state index contributed by atoms with van der Waals surface area (Å²) >= 11 is 11.3. The molecule has 1 fully saturated rings. The minimum absolute atomic E-state index is 0.0467. The number of ether oxygens (including phenoxy) is 3. The fraction of sp³-hybridized carbons (Fsp3) is 0.800. The predicted octanol–water partition coefficient (Wildman–Crippen LogP) is 0.415. The van der Waals surface area contributed by atoms with Crippen LogP contribution in [0.3, 0.4) is 0 Å². The fourth-order valence-electron chi connectivity index (χ4n) is 1.74.